The van der Waals surface area contributed by atoms with Crippen LogP contribution in [0.3, 0.4) is 0 Å². The number of thioether (sulfide) groups is 1. The van der Waals surface area contributed by atoms with Gasteiger partial charge < -0.3 is 5.32 Å². The molecule has 0 atom stereocenters. The third-order valence-electron chi connectivity index (χ3n) is 2.93. The first-order valence-corrected chi connectivity index (χ1v) is 8.50. The van der Waals surface area contributed by atoms with Crippen molar-refractivity contribution in [3.05, 3.63) is 68.2 Å². The van der Waals surface area contributed by atoms with Crippen molar-refractivity contribution in [3.8, 4) is 0 Å². The Labute approximate surface area is 149 Å². The van der Waals surface area contributed by atoms with Gasteiger partial charge in [-0.05, 0) is 53.7 Å². The minimum atomic E-state index is -0.506. The summed E-state index contributed by atoms with van der Waals surface area (Å²) in [6.45, 7) is 0. The Balaban J connectivity index is 1.84. The highest BCUT2D eigenvalue weighted by molar-refractivity contribution is 9.10. The van der Waals surface area contributed by atoms with Gasteiger partial charge in [0.2, 0.25) is 0 Å². The van der Waals surface area contributed by atoms with Crippen molar-refractivity contribution < 1.29 is 9.18 Å². The standard InChI is InChI=1S/C16H9BrClFN2OS/c17-10-3-1-2-9(6-10)7-14-15(22)21-16(23-14)20-11-4-5-13(19)12(18)8-11/h1-8H,(H,20,21,22)/b14-7-. The molecule has 7 heteroatoms. The third kappa shape index (κ3) is 4.02. The molecule has 1 fully saturated rings. The molecule has 2 aromatic carbocycles. The highest BCUT2D eigenvalue weighted by atomic mass is 79.9. The molecule has 1 N–H and O–H groups in total. The number of nitrogens with one attached hydrogen (secondary N) is 1. The first-order valence-electron chi connectivity index (χ1n) is 6.51. The SMILES string of the molecule is O=C1NC(=Nc2ccc(F)c(Cl)c2)S/C1=C\c1cccc(Br)c1. The van der Waals surface area contributed by atoms with Crippen molar-refractivity contribution >= 4 is 62.1 Å². The molecule has 3 rings (SSSR count). The van der Waals surface area contributed by atoms with Crippen molar-refractivity contribution in [2.75, 3.05) is 0 Å². The van der Waals surface area contributed by atoms with E-state index in [1.165, 1.54) is 30.0 Å². The summed E-state index contributed by atoms with van der Waals surface area (Å²) in [5.74, 6) is -0.726. The molecule has 0 radical (unpaired) electrons. The molecule has 23 heavy (non-hydrogen) atoms. The van der Waals surface area contributed by atoms with Crippen molar-refractivity contribution in [2.24, 2.45) is 4.99 Å². The summed E-state index contributed by atoms with van der Waals surface area (Å²) in [6, 6.07) is 11.8. The average molecular weight is 412 g/mol. The largest absolute Gasteiger partial charge is 0.300 e. The smallest absolute Gasteiger partial charge is 0.264 e. The van der Waals surface area contributed by atoms with Crippen LogP contribution < -0.4 is 5.32 Å². The predicted molar refractivity (Wildman–Crippen MR) is 96.4 cm³/mol. The normalized spacial score (nSPS) is 17.8. The maximum Gasteiger partial charge on any atom is 0.264 e. The van der Waals surface area contributed by atoms with Gasteiger partial charge in [0, 0.05) is 4.47 Å². The second-order valence-corrected chi connectivity index (χ2v) is 6.99. The van der Waals surface area contributed by atoms with Crippen LogP contribution in [0.4, 0.5) is 10.1 Å². The fourth-order valence-corrected chi connectivity index (χ4v) is 3.33. The number of nitrogens with zero attached hydrogens (tertiary/aromatic N) is 1. The molecule has 0 bridgehead atoms. The van der Waals surface area contributed by atoms with E-state index in [0.717, 1.165) is 10.0 Å². The van der Waals surface area contributed by atoms with Crippen molar-refractivity contribution in [1.29, 1.82) is 0 Å². The average Bonchev–Trinajstić information content (AvgIpc) is 2.83. The molecular formula is C16H9BrClFN2OS. The number of benzene rings is 2. The van der Waals surface area contributed by atoms with Crippen LogP contribution in [0, 0.1) is 5.82 Å². The van der Waals surface area contributed by atoms with Gasteiger partial charge in [0.1, 0.15) is 5.82 Å². The summed E-state index contributed by atoms with van der Waals surface area (Å²) >= 11 is 10.3. The second-order valence-electron chi connectivity index (χ2n) is 4.64. The summed E-state index contributed by atoms with van der Waals surface area (Å²) in [6.07, 6.45) is 1.78. The van der Waals surface area contributed by atoms with Crippen LogP contribution in [0.15, 0.2) is 56.8 Å². The predicted octanol–water partition coefficient (Wildman–Crippen LogP) is 5.13. The number of aliphatic imine (C=N–C) groups is 1. The van der Waals surface area contributed by atoms with Gasteiger partial charge >= 0.3 is 0 Å². The summed E-state index contributed by atoms with van der Waals surface area (Å²) in [5, 5.41) is 3.10. The Morgan fingerprint density at radius 2 is 2.09 bits per heavy atom. The topological polar surface area (TPSA) is 41.5 Å². The third-order valence-corrected chi connectivity index (χ3v) is 4.62. The van der Waals surface area contributed by atoms with E-state index in [4.69, 9.17) is 11.6 Å². The van der Waals surface area contributed by atoms with Crippen LogP contribution in [0.1, 0.15) is 5.56 Å². The molecule has 0 aliphatic carbocycles. The number of amidine groups is 1. The fraction of sp³-hybridized carbons (Fsp3) is 0. The van der Waals surface area contributed by atoms with E-state index in [0.29, 0.717) is 15.8 Å². The quantitative estimate of drug-likeness (QED) is 0.696. The first-order chi connectivity index (χ1) is 11.0. The number of hydrogen-bond acceptors (Lipinski definition) is 3. The lowest BCUT2D eigenvalue weighted by atomic mass is 10.2. The van der Waals surface area contributed by atoms with Crippen LogP contribution in [-0.2, 0) is 4.79 Å². The molecule has 1 aliphatic heterocycles. The van der Waals surface area contributed by atoms with Gasteiger partial charge in [0.25, 0.3) is 5.91 Å². The summed E-state index contributed by atoms with van der Waals surface area (Å²) in [4.78, 5) is 16.8. The first kappa shape index (κ1) is 16.2. The Hall–Kier alpha value is -1.63. The van der Waals surface area contributed by atoms with Crippen LogP contribution in [0.25, 0.3) is 6.08 Å². The van der Waals surface area contributed by atoms with Crippen molar-refractivity contribution in [1.82, 2.24) is 5.32 Å². The zero-order valence-electron chi connectivity index (χ0n) is 11.5. The van der Waals surface area contributed by atoms with Crippen molar-refractivity contribution in [3.63, 3.8) is 0 Å². The van der Waals surface area contributed by atoms with E-state index in [9.17, 15) is 9.18 Å². The lowest BCUT2D eigenvalue weighted by molar-refractivity contribution is -0.115. The molecule has 116 valence electrons. The Bertz CT molecular complexity index is 854. The van der Waals surface area contributed by atoms with Crippen LogP contribution in [0.5, 0.6) is 0 Å². The van der Waals surface area contributed by atoms with E-state index >= 15 is 0 Å². The lowest BCUT2D eigenvalue weighted by Crippen LogP contribution is -2.19. The maximum absolute atomic E-state index is 13.1. The minimum absolute atomic E-state index is 0.00826. The number of rotatable bonds is 2. The van der Waals surface area contributed by atoms with E-state index in [1.807, 2.05) is 24.3 Å². The number of carbonyl (C=O) groups is 1. The number of halogens is 3. The minimum Gasteiger partial charge on any atom is -0.300 e. The zero-order chi connectivity index (χ0) is 16.4. The number of hydrogen-bond donors (Lipinski definition) is 1. The highest BCUT2D eigenvalue weighted by Crippen LogP contribution is 2.29. The molecule has 0 aromatic heterocycles. The Morgan fingerprint density at radius 3 is 2.83 bits per heavy atom. The van der Waals surface area contributed by atoms with Gasteiger partial charge in [-0.15, -0.1) is 0 Å². The molecular weight excluding hydrogens is 403 g/mol. The summed E-state index contributed by atoms with van der Waals surface area (Å²) in [5.41, 5.74) is 1.38. The van der Waals surface area contributed by atoms with Gasteiger partial charge in [-0.1, -0.05) is 39.7 Å². The number of carbonyl (C=O) groups excluding carboxylic acids is 1. The van der Waals surface area contributed by atoms with Gasteiger partial charge in [0.15, 0.2) is 5.17 Å². The van der Waals surface area contributed by atoms with E-state index < -0.39 is 5.82 Å². The van der Waals surface area contributed by atoms with Crippen molar-refractivity contribution in [2.45, 2.75) is 0 Å². The van der Waals surface area contributed by atoms with Gasteiger partial charge in [-0.25, -0.2) is 9.38 Å². The molecule has 3 nitrogen and oxygen atoms in total. The zero-order valence-corrected chi connectivity index (χ0v) is 14.7. The molecule has 2 aromatic rings. The number of amides is 1. The lowest BCUT2D eigenvalue weighted by Gasteiger charge is -1.98. The second kappa shape index (κ2) is 6.86. The maximum atomic E-state index is 13.1. The highest BCUT2D eigenvalue weighted by Gasteiger charge is 2.23. The molecule has 1 heterocycles. The molecule has 1 amide bonds. The van der Waals surface area contributed by atoms with E-state index in [2.05, 4.69) is 26.2 Å². The molecule has 0 unspecified atom stereocenters. The molecule has 0 saturated carbocycles. The van der Waals surface area contributed by atoms with E-state index in [-0.39, 0.29) is 10.9 Å². The molecule has 1 aliphatic rings. The fourth-order valence-electron chi connectivity index (χ4n) is 1.90. The summed E-state index contributed by atoms with van der Waals surface area (Å²) < 4.78 is 14.1. The monoisotopic (exact) mass is 410 g/mol. The van der Waals surface area contributed by atoms with Gasteiger partial charge in [-0.3, -0.25) is 4.79 Å². The molecule has 1 saturated heterocycles. The van der Waals surface area contributed by atoms with Crippen LogP contribution in [-0.4, -0.2) is 11.1 Å². The van der Waals surface area contributed by atoms with Crippen LogP contribution in [0.2, 0.25) is 5.02 Å². The molecule has 0 spiro atoms. The summed E-state index contributed by atoms with van der Waals surface area (Å²) in [7, 11) is 0. The van der Waals surface area contributed by atoms with E-state index in [1.54, 1.807) is 6.08 Å². The Kier molecular flexibility index (Phi) is 4.84. The van der Waals surface area contributed by atoms with Gasteiger partial charge in [0.05, 0.1) is 15.6 Å². The van der Waals surface area contributed by atoms with Crippen LogP contribution >= 0.6 is 39.3 Å². The van der Waals surface area contributed by atoms with Gasteiger partial charge in [-0.2, -0.15) is 0 Å². The Morgan fingerprint density at radius 1 is 1.26 bits per heavy atom.